The molecule has 4 rings (SSSR count). The average molecular weight is 510 g/mol. The molecule has 2 fully saturated rings. The quantitative estimate of drug-likeness (QED) is 0.477. The second-order valence-electron chi connectivity index (χ2n) is 10.3. The Labute approximate surface area is 206 Å². The molecular formula is C24H35N3O7S. The van der Waals surface area contributed by atoms with Crippen molar-refractivity contribution in [2.45, 2.75) is 99.9 Å². The van der Waals surface area contributed by atoms with Crippen LogP contribution in [0.1, 0.15) is 70.8 Å². The van der Waals surface area contributed by atoms with Crippen LogP contribution in [-0.2, 0) is 21.2 Å². The number of carboxylic acids is 1. The van der Waals surface area contributed by atoms with E-state index in [0.29, 0.717) is 24.2 Å². The van der Waals surface area contributed by atoms with Gasteiger partial charge in [-0.25, -0.2) is 18.0 Å². The third kappa shape index (κ3) is 4.99. The molecule has 35 heavy (non-hydrogen) atoms. The Morgan fingerprint density at radius 3 is 2.51 bits per heavy atom. The molecule has 194 valence electrons. The van der Waals surface area contributed by atoms with Crippen molar-refractivity contribution in [3.05, 3.63) is 23.8 Å². The molecule has 2 atom stereocenters. The van der Waals surface area contributed by atoms with Gasteiger partial charge in [0, 0.05) is 19.0 Å². The maximum atomic E-state index is 13.8. The summed E-state index contributed by atoms with van der Waals surface area (Å²) in [5.41, 5.74) is -2.38. The van der Waals surface area contributed by atoms with Crippen molar-refractivity contribution in [2.24, 2.45) is 0 Å². The number of aliphatic hydroxyl groups is 1. The summed E-state index contributed by atoms with van der Waals surface area (Å²) in [5.74, 6) is -0.939. The zero-order valence-electron chi connectivity index (χ0n) is 20.2. The lowest BCUT2D eigenvalue weighted by Crippen LogP contribution is -2.70. The van der Waals surface area contributed by atoms with Gasteiger partial charge in [0.15, 0.2) is 0 Å². The van der Waals surface area contributed by atoms with Gasteiger partial charge in [0.05, 0.1) is 11.0 Å². The number of benzene rings is 1. The number of fused-ring (bicyclic) bond motifs is 1. The van der Waals surface area contributed by atoms with E-state index in [1.807, 2.05) is 0 Å². The van der Waals surface area contributed by atoms with Crippen LogP contribution in [0.5, 0.6) is 5.75 Å². The second kappa shape index (κ2) is 9.59. The first-order valence-corrected chi connectivity index (χ1v) is 13.7. The Bertz CT molecular complexity index is 1080. The maximum absolute atomic E-state index is 13.8. The van der Waals surface area contributed by atoms with E-state index in [1.165, 1.54) is 18.2 Å². The number of nitrogens with one attached hydrogen (secondary N) is 2. The van der Waals surface area contributed by atoms with Crippen LogP contribution in [0.4, 0.5) is 4.79 Å². The first-order valence-electron chi connectivity index (χ1n) is 12.3. The van der Waals surface area contributed by atoms with Gasteiger partial charge < -0.3 is 25.6 Å². The smallest absolute Gasteiger partial charge is 0.346 e. The van der Waals surface area contributed by atoms with Crippen LogP contribution < -0.4 is 15.4 Å². The topological polar surface area (TPSA) is 145 Å². The molecule has 2 aliphatic heterocycles. The zero-order valence-corrected chi connectivity index (χ0v) is 21.1. The molecule has 0 spiro atoms. The predicted molar refractivity (Wildman–Crippen MR) is 128 cm³/mol. The zero-order chi connectivity index (χ0) is 25.4. The van der Waals surface area contributed by atoms with E-state index in [1.54, 1.807) is 13.8 Å². The van der Waals surface area contributed by atoms with E-state index in [2.05, 4.69) is 10.6 Å². The number of urea groups is 1. The average Bonchev–Trinajstić information content (AvgIpc) is 2.80. The molecule has 0 radical (unpaired) electrons. The Balaban J connectivity index is 1.63. The Morgan fingerprint density at radius 2 is 1.83 bits per heavy atom. The lowest BCUT2D eigenvalue weighted by Gasteiger charge is -2.43. The fourth-order valence-corrected chi connectivity index (χ4v) is 7.01. The second-order valence-corrected chi connectivity index (χ2v) is 12.2. The van der Waals surface area contributed by atoms with Gasteiger partial charge in [0.25, 0.3) is 0 Å². The number of piperidine rings is 1. The molecule has 11 heteroatoms. The fourth-order valence-electron chi connectivity index (χ4n) is 5.23. The van der Waals surface area contributed by atoms with Gasteiger partial charge in [0.1, 0.15) is 11.4 Å². The summed E-state index contributed by atoms with van der Waals surface area (Å²) in [6.07, 6.45) is 4.98. The molecule has 1 saturated heterocycles. The van der Waals surface area contributed by atoms with Crippen molar-refractivity contribution >= 4 is 22.0 Å². The molecule has 2 amide bonds. The van der Waals surface area contributed by atoms with Crippen LogP contribution in [0.2, 0.25) is 0 Å². The number of hydrogen-bond acceptors (Lipinski definition) is 6. The number of carboxylic acid groups (broad SMARTS) is 1. The highest BCUT2D eigenvalue weighted by Gasteiger charge is 2.53. The maximum Gasteiger partial charge on any atom is 0.346 e. The van der Waals surface area contributed by atoms with Crippen molar-refractivity contribution in [3.63, 3.8) is 0 Å². The molecule has 0 bridgehead atoms. The summed E-state index contributed by atoms with van der Waals surface area (Å²) in [4.78, 5) is 25.3. The van der Waals surface area contributed by atoms with E-state index < -0.39 is 39.4 Å². The van der Waals surface area contributed by atoms with Crippen LogP contribution >= 0.6 is 0 Å². The Hall–Kier alpha value is -2.37. The summed E-state index contributed by atoms with van der Waals surface area (Å²) in [5, 5.41) is 26.0. The lowest BCUT2D eigenvalue weighted by molar-refractivity contribution is -0.151. The predicted octanol–water partition coefficient (Wildman–Crippen LogP) is 2.35. The van der Waals surface area contributed by atoms with E-state index in [-0.39, 0.29) is 30.3 Å². The molecule has 1 aromatic rings. The number of aliphatic carboxylic acids is 1. The fraction of sp³-hybridized carbons (Fsp3) is 0.667. The van der Waals surface area contributed by atoms with Crippen molar-refractivity contribution in [3.8, 4) is 5.75 Å². The number of sulfonamides is 1. The molecular weight excluding hydrogens is 474 g/mol. The number of hydrogen-bond donors (Lipinski definition) is 4. The third-order valence-electron chi connectivity index (χ3n) is 7.40. The van der Waals surface area contributed by atoms with Gasteiger partial charge in [-0.05, 0) is 69.7 Å². The number of rotatable bonds is 5. The minimum atomic E-state index is -4.30. The minimum absolute atomic E-state index is 0.0401. The van der Waals surface area contributed by atoms with Crippen LogP contribution in [-0.4, -0.2) is 64.9 Å². The van der Waals surface area contributed by atoms with E-state index in [9.17, 15) is 28.2 Å². The molecule has 1 aliphatic carbocycles. The molecule has 3 aliphatic rings. The highest BCUT2D eigenvalue weighted by Crippen LogP contribution is 2.37. The molecule has 0 aromatic heterocycles. The number of amides is 2. The van der Waals surface area contributed by atoms with Crippen LogP contribution in [0.15, 0.2) is 23.1 Å². The molecule has 1 saturated carbocycles. The summed E-state index contributed by atoms with van der Waals surface area (Å²) in [6, 6.07) is 3.61. The number of carbonyl (C=O) groups excluding carboxylic acids is 1. The molecule has 2 unspecified atom stereocenters. The summed E-state index contributed by atoms with van der Waals surface area (Å²) >= 11 is 0. The highest BCUT2D eigenvalue weighted by atomic mass is 32.2. The van der Waals surface area contributed by atoms with Crippen molar-refractivity contribution < 1.29 is 33.0 Å². The standard InChI is InChI=1S/C24H35N3O7S/c1-23(2)20(28)15-16-14-18(10-11-19(16)34-23)35(32,33)27-13-7-6-12-24(27,21(29)30)26-22(31)25-17-8-4-3-5-9-17/h10-11,14,17,20,28H,3-9,12-13,15H2,1-2H3,(H,29,30)(H2,25,26,31). The van der Waals surface area contributed by atoms with Crippen LogP contribution in [0, 0.1) is 0 Å². The molecule has 4 N–H and O–H groups in total. The largest absolute Gasteiger partial charge is 0.485 e. The van der Waals surface area contributed by atoms with Crippen molar-refractivity contribution in [1.29, 1.82) is 0 Å². The van der Waals surface area contributed by atoms with Gasteiger partial charge in [-0.3, -0.25) is 0 Å². The normalized spacial score (nSPS) is 27.3. The van der Waals surface area contributed by atoms with Gasteiger partial charge in [-0.15, -0.1) is 0 Å². The number of carbonyl (C=O) groups is 2. The van der Waals surface area contributed by atoms with Crippen molar-refractivity contribution in [1.82, 2.24) is 14.9 Å². The Morgan fingerprint density at radius 1 is 1.11 bits per heavy atom. The first kappa shape index (κ1) is 25.7. The molecule has 2 heterocycles. The van der Waals surface area contributed by atoms with E-state index in [0.717, 1.165) is 36.4 Å². The summed E-state index contributed by atoms with van der Waals surface area (Å²) in [6.45, 7) is 3.47. The van der Waals surface area contributed by atoms with Gasteiger partial charge in [0.2, 0.25) is 15.7 Å². The monoisotopic (exact) mass is 509 g/mol. The number of nitrogens with zero attached hydrogens (tertiary/aromatic N) is 1. The first-order chi connectivity index (χ1) is 16.5. The Kier molecular flexibility index (Phi) is 7.05. The van der Waals surface area contributed by atoms with Crippen LogP contribution in [0.3, 0.4) is 0 Å². The number of ether oxygens (including phenoxy) is 1. The third-order valence-corrected chi connectivity index (χ3v) is 9.32. The van der Waals surface area contributed by atoms with Crippen molar-refractivity contribution in [2.75, 3.05) is 6.54 Å². The van der Waals surface area contributed by atoms with Gasteiger partial charge in [-0.1, -0.05) is 19.3 Å². The summed E-state index contributed by atoms with van der Waals surface area (Å²) in [7, 11) is -4.30. The highest BCUT2D eigenvalue weighted by molar-refractivity contribution is 7.89. The van der Waals surface area contributed by atoms with Gasteiger partial charge >= 0.3 is 12.0 Å². The van der Waals surface area contributed by atoms with Crippen LogP contribution in [0.25, 0.3) is 0 Å². The molecule has 1 aromatic carbocycles. The molecule has 10 nitrogen and oxygen atoms in total. The van der Waals surface area contributed by atoms with Gasteiger partial charge in [-0.2, -0.15) is 4.31 Å². The number of aliphatic hydroxyl groups excluding tert-OH is 1. The lowest BCUT2D eigenvalue weighted by atomic mass is 9.91. The minimum Gasteiger partial charge on any atom is -0.485 e. The van der Waals surface area contributed by atoms with E-state index >= 15 is 0 Å². The SMILES string of the molecule is CC1(C)Oc2ccc(S(=O)(=O)N3CCCCC3(NC(=O)NC3CCCCC3)C(=O)O)cc2CC1O. The summed E-state index contributed by atoms with van der Waals surface area (Å²) < 4.78 is 34.3. The van der Waals surface area contributed by atoms with E-state index in [4.69, 9.17) is 4.74 Å².